The van der Waals surface area contributed by atoms with Crippen LogP contribution in [0.15, 0.2) is 48.5 Å². The lowest BCUT2D eigenvalue weighted by molar-refractivity contribution is -0.116. The molecule has 1 saturated heterocycles. The average molecular weight is 436 g/mol. The third-order valence-corrected chi connectivity index (χ3v) is 6.70. The van der Waals surface area contributed by atoms with Gasteiger partial charge in [0.25, 0.3) is 5.91 Å². The van der Waals surface area contributed by atoms with Gasteiger partial charge in [-0.1, -0.05) is 29.8 Å². The summed E-state index contributed by atoms with van der Waals surface area (Å²) >= 11 is 5.95. The molecule has 9 heteroatoms. The normalized spacial score (nSPS) is 16.8. The molecule has 1 heterocycles. The van der Waals surface area contributed by atoms with E-state index in [-0.39, 0.29) is 35.4 Å². The molecule has 2 aromatic rings. The third kappa shape index (κ3) is 4.77. The number of amides is 2. The van der Waals surface area contributed by atoms with Crippen LogP contribution in [-0.2, 0) is 14.8 Å². The number of benzene rings is 2. The minimum atomic E-state index is -3.67. The number of halogens is 1. The molecule has 154 valence electrons. The minimum Gasteiger partial charge on any atom is -0.350 e. The Morgan fingerprint density at radius 2 is 1.90 bits per heavy atom. The minimum absolute atomic E-state index is 0.0512. The molecular formula is C20H22ClN3O4S. The first kappa shape index (κ1) is 21.3. The van der Waals surface area contributed by atoms with Crippen molar-refractivity contribution in [3.8, 4) is 0 Å². The predicted octanol–water partition coefficient (Wildman–Crippen LogP) is 2.44. The predicted molar refractivity (Wildman–Crippen MR) is 113 cm³/mol. The number of sulfonamides is 1. The van der Waals surface area contributed by atoms with Crippen LogP contribution in [0, 0.1) is 0 Å². The number of carbonyl (C=O) groups is 2. The van der Waals surface area contributed by atoms with Gasteiger partial charge in [0.05, 0.1) is 17.5 Å². The first-order valence-corrected chi connectivity index (χ1v) is 11.0. The first-order valence-electron chi connectivity index (χ1n) is 9.05. The number of hydrogen-bond acceptors (Lipinski definition) is 5. The van der Waals surface area contributed by atoms with Crippen LogP contribution in [0.3, 0.4) is 0 Å². The van der Waals surface area contributed by atoms with Crippen LogP contribution in [0.2, 0.25) is 5.02 Å². The van der Waals surface area contributed by atoms with Gasteiger partial charge in [-0.05, 0) is 50.0 Å². The Morgan fingerprint density at radius 3 is 2.48 bits per heavy atom. The van der Waals surface area contributed by atoms with E-state index in [9.17, 15) is 18.0 Å². The van der Waals surface area contributed by atoms with Gasteiger partial charge in [-0.3, -0.25) is 9.59 Å². The molecular weight excluding hydrogens is 414 g/mol. The van der Waals surface area contributed by atoms with Gasteiger partial charge in [0.15, 0.2) is 0 Å². The fraction of sp³-hybridized carbons (Fsp3) is 0.300. The molecule has 0 spiro atoms. The molecule has 7 nitrogen and oxygen atoms in total. The number of nitrogens with zero attached hydrogens (tertiary/aromatic N) is 2. The van der Waals surface area contributed by atoms with Gasteiger partial charge in [-0.25, -0.2) is 12.7 Å². The van der Waals surface area contributed by atoms with E-state index in [1.54, 1.807) is 24.3 Å². The van der Waals surface area contributed by atoms with E-state index in [1.807, 2.05) is 31.1 Å². The van der Waals surface area contributed by atoms with Crippen LogP contribution in [0.4, 0.5) is 5.69 Å². The Hall–Kier alpha value is -2.42. The van der Waals surface area contributed by atoms with Crippen molar-refractivity contribution in [2.45, 2.75) is 12.5 Å². The SMILES string of the molecule is CN(C)[C@H](CNC(=O)c1cccc(N2C(=O)CCS2(=O)=O)c1)c1ccc(Cl)cc1. The van der Waals surface area contributed by atoms with Gasteiger partial charge in [0, 0.05) is 23.6 Å². The van der Waals surface area contributed by atoms with Crippen LogP contribution in [-0.4, -0.2) is 51.5 Å². The number of carbonyl (C=O) groups excluding carboxylic acids is 2. The first-order chi connectivity index (χ1) is 13.7. The van der Waals surface area contributed by atoms with E-state index >= 15 is 0 Å². The third-order valence-electron chi connectivity index (χ3n) is 4.76. The molecule has 0 bridgehead atoms. The Labute approximate surface area is 175 Å². The fourth-order valence-corrected chi connectivity index (χ4v) is 4.79. The highest BCUT2D eigenvalue weighted by atomic mass is 35.5. The quantitative estimate of drug-likeness (QED) is 0.753. The summed E-state index contributed by atoms with van der Waals surface area (Å²) in [4.78, 5) is 26.6. The van der Waals surface area contributed by atoms with Gasteiger partial charge in [-0.2, -0.15) is 0 Å². The lowest BCUT2D eigenvalue weighted by atomic mass is 10.1. The van der Waals surface area contributed by atoms with Crippen molar-refractivity contribution in [1.82, 2.24) is 10.2 Å². The molecule has 0 radical (unpaired) electrons. The Balaban J connectivity index is 1.75. The highest BCUT2D eigenvalue weighted by Gasteiger charge is 2.36. The molecule has 0 unspecified atom stereocenters. The van der Waals surface area contributed by atoms with Gasteiger partial charge >= 0.3 is 0 Å². The Kier molecular flexibility index (Phi) is 6.26. The zero-order valence-corrected chi connectivity index (χ0v) is 17.7. The zero-order valence-electron chi connectivity index (χ0n) is 16.1. The van der Waals surface area contributed by atoms with E-state index in [0.717, 1.165) is 9.87 Å². The van der Waals surface area contributed by atoms with Gasteiger partial charge in [0.1, 0.15) is 0 Å². The molecule has 29 heavy (non-hydrogen) atoms. The fourth-order valence-electron chi connectivity index (χ4n) is 3.22. The van der Waals surface area contributed by atoms with Crippen molar-refractivity contribution in [3.05, 3.63) is 64.7 Å². The summed E-state index contributed by atoms with van der Waals surface area (Å²) in [7, 11) is 0.152. The van der Waals surface area contributed by atoms with Crippen molar-refractivity contribution in [3.63, 3.8) is 0 Å². The van der Waals surface area contributed by atoms with Crippen LogP contribution >= 0.6 is 11.6 Å². The van der Waals surface area contributed by atoms with Crippen LogP contribution in [0.5, 0.6) is 0 Å². The summed E-state index contributed by atoms with van der Waals surface area (Å²) in [6.07, 6.45) is -0.0512. The number of hydrogen-bond donors (Lipinski definition) is 1. The van der Waals surface area contributed by atoms with Crippen LogP contribution in [0.25, 0.3) is 0 Å². The molecule has 0 aliphatic carbocycles. The topological polar surface area (TPSA) is 86.8 Å². The maximum atomic E-state index is 12.7. The highest BCUT2D eigenvalue weighted by molar-refractivity contribution is 7.94. The summed E-state index contributed by atoms with van der Waals surface area (Å²) in [5.41, 5.74) is 1.47. The average Bonchev–Trinajstić information content (AvgIpc) is 2.95. The van der Waals surface area contributed by atoms with E-state index in [0.29, 0.717) is 11.6 Å². The number of likely N-dealkylation sites (N-methyl/N-ethyl adjacent to an activating group) is 1. The largest absolute Gasteiger partial charge is 0.350 e. The van der Waals surface area contributed by atoms with Gasteiger partial charge in [-0.15, -0.1) is 0 Å². The monoisotopic (exact) mass is 435 g/mol. The summed E-state index contributed by atoms with van der Waals surface area (Å²) in [5, 5.41) is 3.51. The van der Waals surface area contributed by atoms with E-state index in [4.69, 9.17) is 11.6 Å². The second kappa shape index (κ2) is 8.52. The summed E-state index contributed by atoms with van der Waals surface area (Å²) in [6, 6.07) is 13.4. The molecule has 1 atom stereocenters. The number of anilines is 1. The maximum absolute atomic E-state index is 12.7. The zero-order chi connectivity index (χ0) is 21.2. The van der Waals surface area contributed by atoms with Crippen molar-refractivity contribution in [2.24, 2.45) is 0 Å². The Bertz CT molecular complexity index is 1020. The standard InChI is InChI=1S/C20H22ClN3O4S/c1-23(2)18(14-6-8-16(21)9-7-14)13-22-20(26)15-4-3-5-17(12-15)24-19(25)10-11-29(24,27)28/h3-9,12,18H,10-11,13H2,1-2H3,(H,22,26)/t18-/m1/s1. The van der Waals surface area contributed by atoms with Crippen molar-refractivity contribution >= 4 is 39.1 Å². The van der Waals surface area contributed by atoms with Gasteiger partial charge in [0.2, 0.25) is 15.9 Å². The van der Waals surface area contributed by atoms with E-state index in [2.05, 4.69) is 5.32 Å². The highest BCUT2D eigenvalue weighted by Crippen LogP contribution is 2.26. The molecule has 0 aromatic heterocycles. The molecule has 1 aliphatic rings. The smallest absolute Gasteiger partial charge is 0.251 e. The van der Waals surface area contributed by atoms with Gasteiger partial charge < -0.3 is 10.2 Å². The lowest BCUT2D eigenvalue weighted by Gasteiger charge is -2.25. The summed E-state index contributed by atoms with van der Waals surface area (Å²) < 4.78 is 25.0. The molecule has 2 aromatic carbocycles. The number of nitrogens with one attached hydrogen (secondary N) is 1. The lowest BCUT2D eigenvalue weighted by Crippen LogP contribution is -2.34. The van der Waals surface area contributed by atoms with Crippen molar-refractivity contribution < 1.29 is 18.0 Å². The maximum Gasteiger partial charge on any atom is 0.251 e. The summed E-state index contributed by atoms with van der Waals surface area (Å²) in [5.74, 6) is -1.05. The number of rotatable bonds is 6. The van der Waals surface area contributed by atoms with E-state index < -0.39 is 15.9 Å². The van der Waals surface area contributed by atoms with E-state index in [1.165, 1.54) is 12.1 Å². The molecule has 2 amide bonds. The summed E-state index contributed by atoms with van der Waals surface area (Å²) in [6.45, 7) is 0.346. The molecule has 1 aliphatic heterocycles. The van der Waals surface area contributed by atoms with Crippen LogP contribution in [0.1, 0.15) is 28.4 Å². The van der Waals surface area contributed by atoms with Crippen LogP contribution < -0.4 is 9.62 Å². The van der Waals surface area contributed by atoms with Crippen molar-refractivity contribution in [2.75, 3.05) is 30.7 Å². The second-order valence-corrected chi connectivity index (χ2v) is 9.39. The Morgan fingerprint density at radius 1 is 1.21 bits per heavy atom. The molecule has 1 fully saturated rings. The second-order valence-electron chi connectivity index (χ2n) is 7.02. The molecule has 3 rings (SSSR count). The van der Waals surface area contributed by atoms with Crippen molar-refractivity contribution in [1.29, 1.82) is 0 Å². The molecule has 1 N–H and O–H groups in total. The molecule has 0 saturated carbocycles.